The molecule has 2 amide bonds. The Morgan fingerprint density at radius 2 is 1.91 bits per heavy atom. The Morgan fingerprint density at radius 1 is 1.21 bits per heavy atom. The SMILES string of the molecule is CCCC[C@H](O)[C@@H](CC1CC1)C(=O)N[C@H]1N=C(c2ccc(F)cc2)c2ccccc2N(C)C1=O. The number of carbonyl (C=O) groups excluding carboxylic acids is 2. The first-order valence-electron chi connectivity index (χ1n) is 12.1. The molecule has 1 saturated carbocycles. The Morgan fingerprint density at radius 3 is 2.59 bits per heavy atom. The van der Waals surface area contributed by atoms with Gasteiger partial charge in [-0.3, -0.25) is 9.59 Å². The van der Waals surface area contributed by atoms with Gasteiger partial charge in [-0.15, -0.1) is 0 Å². The number of hydrogen-bond donors (Lipinski definition) is 2. The first-order valence-corrected chi connectivity index (χ1v) is 12.1. The molecular formula is C27H32FN3O3. The van der Waals surface area contributed by atoms with E-state index in [0.29, 0.717) is 35.7 Å². The summed E-state index contributed by atoms with van der Waals surface area (Å²) < 4.78 is 13.6. The molecule has 0 radical (unpaired) electrons. The van der Waals surface area contributed by atoms with E-state index in [9.17, 15) is 19.1 Å². The number of benzene rings is 2. The number of unbranched alkanes of at least 4 members (excludes halogenated alkanes) is 1. The summed E-state index contributed by atoms with van der Waals surface area (Å²) in [5.41, 5.74) is 2.53. The fourth-order valence-corrected chi connectivity index (χ4v) is 4.46. The van der Waals surface area contributed by atoms with Gasteiger partial charge in [0.2, 0.25) is 12.1 Å². The van der Waals surface area contributed by atoms with Gasteiger partial charge in [0.15, 0.2) is 0 Å². The second-order valence-corrected chi connectivity index (χ2v) is 9.31. The maximum Gasteiger partial charge on any atom is 0.272 e. The van der Waals surface area contributed by atoms with E-state index < -0.39 is 18.2 Å². The second kappa shape index (κ2) is 10.5. The second-order valence-electron chi connectivity index (χ2n) is 9.31. The van der Waals surface area contributed by atoms with Crippen LogP contribution in [0.15, 0.2) is 53.5 Å². The van der Waals surface area contributed by atoms with E-state index in [-0.39, 0.29) is 17.6 Å². The molecule has 0 bridgehead atoms. The number of aliphatic imine (C=N–C) groups is 1. The van der Waals surface area contributed by atoms with Crippen LogP contribution in [0.2, 0.25) is 0 Å². The molecule has 0 unspecified atom stereocenters. The van der Waals surface area contributed by atoms with Crippen LogP contribution in [0.1, 0.15) is 56.6 Å². The van der Waals surface area contributed by atoms with Crippen molar-refractivity contribution in [2.45, 2.75) is 57.7 Å². The minimum atomic E-state index is -1.15. The van der Waals surface area contributed by atoms with Gasteiger partial charge in [0, 0.05) is 18.2 Å². The van der Waals surface area contributed by atoms with Gasteiger partial charge in [-0.1, -0.05) is 50.8 Å². The number of aliphatic hydroxyl groups excluding tert-OH is 1. The third kappa shape index (κ3) is 5.36. The topological polar surface area (TPSA) is 82.0 Å². The number of para-hydroxylation sites is 1. The summed E-state index contributed by atoms with van der Waals surface area (Å²) in [6.45, 7) is 2.05. The molecule has 4 rings (SSSR count). The molecule has 7 heteroatoms. The Hall–Kier alpha value is -3.06. The molecule has 1 aliphatic heterocycles. The molecule has 1 aliphatic carbocycles. The minimum Gasteiger partial charge on any atom is -0.392 e. The largest absolute Gasteiger partial charge is 0.392 e. The van der Waals surface area contributed by atoms with Gasteiger partial charge in [0.1, 0.15) is 5.82 Å². The van der Waals surface area contributed by atoms with Crippen molar-refractivity contribution in [3.63, 3.8) is 0 Å². The first kappa shape index (κ1) is 24.1. The van der Waals surface area contributed by atoms with E-state index in [1.54, 1.807) is 19.2 Å². The van der Waals surface area contributed by atoms with Crippen LogP contribution in [-0.2, 0) is 9.59 Å². The summed E-state index contributed by atoms with van der Waals surface area (Å²) >= 11 is 0. The number of amides is 2. The molecule has 180 valence electrons. The molecule has 1 heterocycles. The van der Waals surface area contributed by atoms with Crippen molar-refractivity contribution in [2.75, 3.05) is 11.9 Å². The van der Waals surface area contributed by atoms with E-state index in [1.165, 1.54) is 17.0 Å². The lowest BCUT2D eigenvalue weighted by molar-refractivity contribution is -0.133. The zero-order valence-electron chi connectivity index (χ0n) is 19.7. The van der Waals surface area contributed by atoms with E-state index >= 15 is 0 Å². The molecule has 0 spiro atoms. The summed E-state index contributed by atoms with van der Waals surface area (Å²) in [6, 6.07) is 13.3. The molecule has 34 heavy (non-hydrogen) atoms. The lowest BCUT2D eigenvalue weighted by atomic mass is 9.91. The lowest BCUT2D eigenvalue weighted by Gasteiger charge is -2.25. The number of carbonyl (C=O) groups is 2. The number of anilines is 1. The number of nitrogens with one attached hydrogen (secondary N) is 1. The van der Waals surface area contributed by atoms with Crippen molar-refractivity contribution in [3.05, 3.63) is 65.5 Å². The van der Waals surface area contributed by atoms with Gasteiger partial charge in [0.25, 0.3) is 5.91 Å². The van der Waals surface area contributed by atoms with Crippen LogP contribution >= 0.6 is 0 Å². The predicted octanol–water partition coefficient (Wildman–Crippen LogP) is 4.05. The van der Waals surface area contributed by atoms with Gasteiger partial charge in [0.05, 0.1) is 23.4 Å². The number of nitrogens with zero attached hydrogens (tertiary/aromatic N) is 2. The average Bonchev–Trinajstić information content (AvgIpc) is 3.68. The number of rotatable bonds is 9. The Balaban J connectivity index is 1.67. The quantitative estimate of drug-likeness (QED) is 0.586. The molecule has 2 aliphatic rings. The van der Waals surface area contributed by atoms with Crippen molar-refractivity contribution in [3.8, 4) is 0 Å². The maximum absolute atomic E-state index is 13.6. The van der Waals surface area contributed by atoms with E-state index in [4.69, 9.17) is 0 Å². The van der Waals surface area contributed by atoms with E-state index in [0.717, 1.165) is 31.2 Å². The number of benzodiazepines with no additional fused rings is 1. The zero-order valence-corrected chi connectivity index (χ0v) is 19.7. The number of aliphatic hydroxyl groups is 1. The van der Waals surface area contributed by atoms with Crippen LogP contribution in [0, 0.1) is 17.7 Å². The Labute approximate surface area is 199 Å². The first-order chi connectivity index (χ1) is 16.4. The van der Waals surface area contributed by atoms with Crippen LogP contribution in [-0.4, -0.2) is 41.9 Å². The highest BCUT2D eigenvalue weighted by Gasteiger charge is 2.37. The summed E-state index contributed by atoms with van der Waals surface area (Å²) in [6.07, 6.45) is 3.17. The summed E-state index contributed by atoms with van der Waals surface area (Å²) in [5.74, 6) is -1.22. The molecule has 0 aromatic heterocycles. The normalized spacial score (nSPS) is 19.6. The number of halogens is 1. The standard InChI is InChI=1S/C27H32FN3O3/c1-3-4-9-23(32)21(16-17-10-11-17)26(33)30-25-27(34)31(2)22-8-6-5-7-20(22)24(29-25)18-12-14-19(28)15-13-18/h5-8,12-15,17,21,23,25,32H,3-4,9-11,16H2,1-2H3,(H,30,33)/t21-,23+,25-/m1/s1. The predicted molar refractivity (Wildman–Crippen MR) is 130 cm³/mol. The minimum absolute atomic E-state index is 0.351. The molecular weight excluding hydrogens is 433 g/mol. The Bertz CT molecular complexity index is 1070. The summed E-state index contributed by atoms with van der Waals surface area (Å²) in [7, 11) is 1.65. The van der Waals surface area contributed by atoms with Gasteiger partial charge < -0.3 is 15.3 Å². The van der Waals surface area contributed by atoms with E-state index in [1.807, 2.05) is 31.2 Å². The highest BCUT2D eigenvalue weighted by atomic mass is 19.1. The van der Waals surface area contributed by atoms with Crippen molar-refractivity contribution >= 4 is 23.2 Å². The molecule has 1 fully saturated rings. The van der Waals surface area contributed by atoms with Gasteiger partial charge in [-0.2, -0.15) is 0 Å². The molecule has 0 saturated heterocycles. The number of likely N-dealkylation sites (N-methyl/N-ethyl adjacent to an activating group) is 1. The number of hydrogen-bond acceptors (Lipinski definition) is 4. The smallest absolute Gasteiger partial charge is 0.272 e. The van der Waals surface area contributed by atoms with E-state index in [2.05, 4.69) is 10.3 Å². The fraction of sp³-hybridized carbons (Fsp3) is 0.444. The summed E-state index contributed by atoms with van der Waals surface area (Å²) in [5, 5.41) is 13.6. The van der Waals surface area contributed by atoms with Gasteiger partial charge in [-0.05, 0) is 49.1 Å². The fourth-order valence-electron chi connectivity index (χ4n) is 4.46. The zero-order chi connectivity index (χ0) is 24.2. The summed E-state index contributed by atoms with van der Waals surface area (Å²) in [4.78, 5) is 32.9. The maximum atomic E-state index is 13.6. The molecule has 2 N–H and O–H groups in total. The van der Waals surface area contributed by atoms with Crippen molar-refractivity contribution in [1.82, 2.24) is 5.32 Å². The van der Waals surface area contributed by atoms with Crippen LogP contribution < -0.4 is 10.2 Å². The lowest BCUT2D eigenvalue weighted by Crippen LogP contribution is -2.49. The van der Waals surface area contributed by atoms with Crippen LogP contribution in [0.25, 0.3) is 0 Å². The van der Waals surface area contributed by atoms with Crippen molar-refractivity contribution < 1.29 is 19.1 Å². The molecule has 3 atom stereocenters. The van der Waals surface area contributed by atoms with Gasteiger partial charge >= 0.3 is 0 Å². The molecule has 6 nitrogen and oxygen atoms in total. The molecule has 2 aromatic carbocycles. The number of fused-ring (bicyclic) bond motifs is 1. The van der Waals surface area contributed by atoms with Crippen LogP contribution in [0.4, 0.5) is 10.1 Å². The Kier molecular flexibility index (Phi) is 7.41. The third-order valence-corrected chi connectivity index (χ3v) is 6.68. The van der Waals surface area contributed by atoms with Crippen molar-refractivity contribution in [2.24, 2.45) is 16.8 Å². The third-order valence-electron chi connectivity index (χ3n) is 6.68. The van der Waals surface area contributed by atoms with Crippen molar-refractivity contribution in [1.29, 1.82) is 0 Å². The van der Waals surface area contributed by atoms with Crippen LogP contribution in [0.3, 0.4) is 0 Å². The average molecular weight is 466 g/mol. The van der Waals surface area contributed by atoms with Crippen LogP contribution in [0.5, 0.6) is 0 Å². The van der Waals surface area contributed by atoms with Gasteiger partial charge in [-0.25, -0.2) is 9.38 Å². The highest BCUT2D eigenvalue weighted by molar-refractivity contribution is 6.20. The monoisotopic (exact) mass is 465 g/mol. The highest BCUT2D eigenvalue weighted by Crippen LogP contribution is 2.37. The molecule has 2 aromatic rings.